The molecule has 0 spiro atoms. The molecule has 1 unspecified atom stereocenters. The molecule has 2 N–H and O–H groups in total. The van der Waals surface area contributed by atoms with Gasteiger partial charge in [0, 0.05) is 10.5 Å². The Morgan fingerprint density at radius 3 is 2.50 bits per heavy atom. The van der Waals surface area contributed by atoms with Gasteiger partial charge in [-0.05, 0) is 49.6 Å². The number of sulfone groups is 1. The number of aromatic nitrogens is 2. The molecular formula is C22H22BrN3O4S2. The van der Waals surface area contributed by atoms with Crippen LogP contribution in [0, 0.1) is 0 Å². The molecule has 32 heavy (non-hydrogen) atoms. The molecule has 0 aliphatic carbocycles. The minimum absolute atomic E-state index is 0.00253. The van der Waals surface area contributed by atoms with E-state index in [1.807, 2.05) is 37.3 Å². The first kappa shape index (κ1) is 24.2. The van der Waals surface area contributed by atoms with E-state index in [1.54, 1.807) is 12.1 Å². The number of hydrogen-bond donors (Lipinski definition) is 2. The van der Waals surface area contributed by atoms with Crippen molar-refractivity contribution in [1.82, 2.24) is 15.3 Å². The van der Waals surface area contributed by atoms with Gasteiger partial charge in [0.2, 0.25) is 15.7 Å². The average Bonchev–Trinajstić information content (AvgIpc) is 2.77. The van der Waals surface area contributed by atoms with Crippen LogP contribution in [0.4, 0.5) is 0 Å². The summed E-state index contributed by atoms with van der Waals surface area (Å²) >= 11 is 4.28. The largest absolute Gasteiger partial charge is 0.353 e. The molecule has 2 aromatic carbocycles. The summed E-state index contributed by atoms with van der Waals surface area (Å²) in [5.41, 5.74) is 0.435. The van der Waals surface area contributed by atoms with Gasteiger partial charge in [-0.3, -0.25) is 9.59 Å². The van der Waals surface area contributed by atoms with E-state index >= 15 is 0 Å². The predicted octanol–water partition coefficient (Wildman–Crippen LogP) is 3.59. The second-order valence-corrected chi connectivity index (χ2v) is 10.9. The van der Waals surface area contributed by atoms with Crippen LogP contribution < -0.4 is 10.9 Å². The molecule has 1 atom stereocenters. The summed E-state index contributed by atoms with van der Waals surface area (Å²) in [6.07, 6.45) is 2.69. The van der Waals surface area contributed by atoms with Gasteiger partial charge in [0.05, 0.1) is 16.8 Å². The molecule has 7 nitrogen and oxygen atoms in total. The predicted molar refractivity (Wildman–Crippen MR) is 128 cm³/mol. The van der Waals surface area contributed by atoms with E-state index in [2.05, 4.69) is 31.2 Å². The van der Waals surface area contributed by atoms with E-state index in [0.29, 0.717) is 0 Å². The third kappa shape index (κ3) is 6.54. The number of carbonyl (C=O) groups excluding carboxylic acids is 1. The molecule has 3 rings (SSSR count). The molecule has 10 heteroatoms. The highest BCUT2D eigenvalue weighted by molar-refractivity contribution is 9.10. The third-order valence-electron chi connectivity index (χ3n) is 4.61. The van der Waals surface area contributed by atoms with Crippen molar-refractivity contribution >= 4 is 43.4 Å². The Kier molecular flexibility index (Phi) is 8.27. The Bertz CT molecular complexity index is 1230. The molecule has 0 bridgehead atoms. The van der Waals surface area contributed by atoms with Gasteiger partial charge in [-0.15, -0.1) is 0 Å². The quantitative estimate of drug-likeness (QED) is 0.320. The van der Waals surface area contributed by atoms with Crippen LogP contribution in [0.2, 0.25) is 0 Å². The molecule has 0 aliphatic heterocycles. The second kappa shape index (κ2) is 10.9. The summed E-state index contributed by atoms with van der Waals surface area (Å²) in [5.74, 6) is -0.137. The number of hydrogen-bond acceptors (Lipinski definition) is 6. The van der Waals surface area contributed by atoms with Gasteiger partial charge in [-0.25, -0.2) is 13.4 Å². The van der Waals surface area contributed by atoms with Gasteiger partial charge in [0.15, 0.2) is 10.1 Å². The zero-order valence-corrected chi connectivity index (χ0v) is 20.5. The number of H-pyrrole nitrogens is 1. The fourth-order valence-electron chi connectivity index (χ4n) is 2.92. The Balaban J connectivity index is 1.55. The maximum Gasteiger partial charge on any atom is 0.270 e. The van der Waals surface area contributed by atoms with Crippen LogP contribution >= 0.6 is 27.7 Å². The van der Waals surface area contributed by atoms with Crippen molar-refractivity contribution in [3.8, 4) is 0 Å². The van der Waals surface area contributed by atoms with Crippen molar-refractivity contribution in [2.75, 3.05) is 5.75 Å². The molecule has 0 saturated carbocycles. The number of thioether (sulfide) groups is 1. The number of nitrogens with zero attached hydrogens (tertiary/aromatic N) is 1. The summed E-state index contributed by atoms with van der Waals surface area (Å²) in [7, 11) is -4.00. The van der Waals surface area contributed by atoms with Gasteiger partial charge in [0.25, 0.3) is 5.56 Å². The second-order valence-electron chi connectivity index (χ2n) is 7.12. The Morgan fingerprint density at radius 1 is 1.16 bits per heavy atom. The lowest BCUT2D eigenvalue weighted by Crippen LogP contribution is -2.34. The van der Waals surface area contributed by atoms with Crippen LogP contribution in [0.15, 0.2) is 85.0 Å². The molecule has 0 radical (unpaired) electrons. The van der Waals surface area contributed by atoms with Crippen molar-refractivity contribution in [2.24, 2.45) is 0 Å². The zero-order chi connectivity index (χ0) is 23.1. The molecular weight excluding hydrogens is 514 g/mol. The number of carbonyl (C=O) groups is 1. The number of aromatic amines is 1. The molecule has 1 amide bonds. The molecule has 0 fully saturated rings. The number of amides is 1. The summed E-state index contributed by atoms with van der Waals surface area (Å²) in [5, 5.41) is 3.10. The SMILES string of the molecule is CC(CCc1ccccc1)NC(=O)CSc1ncc(S(=O)(=O)c2ccc(Br)cc2)c(=O)[nH]1. The Hall–Kier alpha value is -2.43. The number of rotatable bonds is 9. The maximum absolute atomic E-state index is 12.7. The lowest BCUT2D eigenvalue weighted by molar-refractivity contribution is -0.119. The Morgan fingerprint density at radius 2 is 1.84 bits per heavy atom. The molecule has 1 aromatic heterocycles. The van der Waals surface area contributed by atoms with Crippen molar-refractivity contribution < 1.29 is 13.2 Å². The van der Waals surface area contributed by atoms with Crippen molar-refractivity contribution in [2.45, 2.75) is 40.8 Å². The lowest BCUT2D eigenvalue weighted by atomic mass is 10.1. The first-order valence-corrected chi connectivity index (χ1v) is 13.1. The normalized spacial score (nSPS) is 12.3. The minimum atomic E-state index is -4.00. The summed E-state index contributed by atoms with van der Waals surface area (Å²) in [4.78, 5) is 30.6. The van der Waals surface area contributed by atoms with Crippen LogP contribution in [0.5, 0.6) is 0 Å². The van der Waals surface area contributed by atoms with Gasteiger partial charge in [-0.2, -0.15) is 0 Å². The van der Waals surface area contributed by atoms with E-state index in [4.69, 9.17) is 0 Å². The van der Waals surface area contributed by atoms with Crippen molar-refractivity contribution in [1.29, 1.82) is 0 Å². The average molecular weight is 536 g/mol. The van der Waals surface area contributed by atoms with Gasteiger partial charge in [0.1, 0.15) is 0 Å². The standard InChI is InChI=1S/C22H22BrN3O4S2/c1-15(7-8-16-5-3-2-4-6-16)25-20(27)14-31-22-24-13-19(21(28)26-22)32(29,30)18-11-9-17(23)10-12-18/h2-6,9-13,15H,7-8,14H2,1H3,(H,25,27)(H,24,26,28). The van der Waals surface area contributed by atoms with Gasteiger partial charge >= 0.3 is 0 Å². The highest BCUT2D eigenvalue weighted by Crippen LogP contribution is 2.20. The van der Waals surface area contributed by atoms with Crippen LogP contribution in [-0.2, 0) is 21.1 Å². The third-order valence-corrected chi connectivity index (χ3v) is 7.79. The summed E-state index contributed by atoms with van der Waals surface area (Å²) in [6.45, 7) is 1.94. The number of nitrogens with one attached hydrogen (secondary N) is 2. The first-order chi connectivity index (χ1) is 15.3. The molecule has 0 saturated heterocycles. The Labute approximate surface area is 199 Å². The monoisotopic (exact) mass is 535 g/mol. The first-order valence-electron chi connectivity index (χ1n) is 9.82. The van der Waals surface area contributed by atoms with E-state index in [9.17, 15) is 18.0 Å². The number of benzene rings is 2. The topological polar surface area (TPSA) is 109 Å². The van der Waals surface area contributed by atoms with Gasteiger partial charge < -0.3 is 10.3 Å². The van der Waals surface area contributed by atoms with E-state index in [0.717, 1.165) is 35.3 Å². The zero-order valence-electron chi connectivity index (χ0n) is 17.2. The molecule has 0 aliphatic rings. The lowest BCUT2D eigenvalue weighted by Gasteiger charge is -2.13. The molecule has 3 aromatic rings. The van der Waals surface area contributed by atoms with Crippen LogP contribution in [0.3, 0.4) is 0 Å². The van der Waals surface area contributed by atoms with E-state index in [1.165, 1.54) is 17.7 Å². The summed E-state index contributed by atoms with van der Waals surface area (Å²) < 4.78 is 26.1. The number of halogens is 1. The fraction of sp³-hybridized carbons (Fsp3) is 0.227. The minimum Gasteiger partial charge on any atom is -0.353 e. The van der Waals surface area contributed by atoms with Crippen molar-refractivity contribution in [3.63, 3.8) is 0 Å². The van der Waals surface area contributed by atoms with E-state index < -0.39 is 20.3 Å². The van der Waals surface area contributed by atoms with E-state index in [-0.39, 0.29) is 27.8 Å². The highest BCUT2D eigenvalue weighted by Gasteiger charge is 2.22. The highest BCUT2D eigenvalue weighted by atomic mass is 79.9. The summed E-state index contributed by atoms with van der Waals surface area (Å²) in [6, 6.07) is 16.0. The van der Waals surface area contributed by atoms with Crippen LogP contribution in [0.25, 0.3) is 0 Å². The number of aryl methyl sites for hydroxylation is 1. The van der Waals surface area contributed by atoms with Crippen LogP contribution in [0.1, 0.15) is 18.9 Å². The van der Waals surface area contributed by atoms with Crippen LogP contribution in [-0.4, -0.2) is 36.1 Å². The molecule has 1 heterocycles. The van der Waals surface area contributed by atoms with Crippen molar-refractivity contribution in [3.05, 3.63) is 81.2 Å². The molecule has 168 valence electrons. The van der Waals surface area contributed by atoms with Gasteiger partial charge in [-0.1, -0.05) is 58.0 Å². The maximum atomic E-state index is 12.7. The smallest absolute Gasteiger partial charge is 0.270 e. The fourth-order valence-corrected chi connectivity index (χ4v) is 5.07.